The Morgan fingerprint density at radius 2 is 1.96 bits per heavy atom. The first kappa shape index (κ1) is 15.6. The number of halogens is 3. The van der Waals surface area contributed by atoms with Gasteiger partial charge in [-0.3, -0.25) is 10.1 Å². The molecule has 3 nitrogen and oxygen atoms in total. The number of anilines is 1. The van der Waals surface area contributed by atoms with Gasteiger partial charge in [0.25, 0.3) is 5.91 Å². The zero-order chi connectivity index (χ0) is 16.4. The summed E-state index contributed by atoms with van der Waals surface area (Å²) in [5.74, 6) is -1.56. The Balaban J connectivity index is 1.84. The van der Waals surface area contributed by atoms with Crippen molar-refractivity contribution >= 4 is 34.0 Å². The van der Waals surface area contributed by atoms with Crippen LogP contribution in [0.1, 0.15) is 10.4 Å². The molecule has 0 radical (unpaired) electrons. The van der Waals surface area contributed by atoms with Gasteiger partial charge in [0.15, 0.2) is 5.13 Å². The second kappa shape index (κ2) is 6.44. The van der Waals surface area contributed by atoms with Crippen LogP contribution in [0.3, 0.4) is 0 Å². The van der Waals surface area contributed by atoms with E-state index in [4.69, 9.17) is 11.6 Å². The van der Waals surface area contributed by atoms with E-state index in [1.807, 2.05) is 0 Å². The van der Waals surface area contributed by atoms with Crippen LogP contribution in [-0.2, 0) is 0 Å². The number of carbonyl (C=O) groups is 1. The van der Waals surface area contributed by atoms with Gasteiger partial charge in [0.05, 0.1) is 16.3 Å². The van der Waals surface area contributed by atoms with Crippen LogP contribution in [0.15, 0.2) is 47.8 Å². The molecule has 1 heterocycles. The third kappa shape index (κ3) is 3.38. The summed E-state index contributed by atoms with van der Waals surface area (Å²) in [6.45, 7) is 0. The van der Waals surface area contributed by atoms with E-state index in [0.29, 0.717) is 10.6 Å². The smallest absolute Gasteiger partial charge is 0.258 e. The van der Waals surface area contributed by atoms with Crippen LogP contribution in [0, 0.1) is 11.6 Å². The van der Waals surface area contributed by atoms with E-state index in [2.05, 4.69) is 10.3 Å². The zero-order valence-corrected chi connectivity index (χ0v) is 13.1. The summed E-state index contributed by atoms with van der Waals surface area (Å²) in [4.78, 5) is 16.3. The predicted molar refractivity (Wildman–Crippen MR) is 86.9 cm³/mol. The Labute approximate surface area is 139 Å². The van der Waals surface area contributed by atoms with Gasteiger partial charge in [0.1, 0.15) is 11.6 Å². The maximum atomic E-state index is 13.7. The van der Waals surface area contributed by atoms with E-state index >= 15 is 0 Å². The number of benzene rings is 2. The lowest BCUT2D eigenvalue weighted by Gasteiger charge is -2.03. The first-order valence-corrected chi connectivity index (χ1v) is 7.77. The number of carbonyl (C=O) groups excluding carboxylic acids is 1. The summed E-state index contributed by atoms with van der Waals surface area (Å²) in [7, 11) is 0. The van der Waals surface area contributed by atoms with Crippen molar-refractivity contribution in [3.8, 4) is 11.3 Å². The quantitative estimate of drug-likeness (QED) is 0.722. The number of nitrogens with one attached hydrogen (secondary N) is 1. The van der Waals surface area contributed by atoms with Crippen LogP contribution in [0.2, 0.25) is 5.02 Å². The number of nitrogens with zero attached hydrogens (tertiary/aromatic N) is 1. The van der Waals surface area contributed by atoms with Gasteiger partial charge in [0.2, 0.25) is 0 Å². The van der Waals surface area contributed by atoms with Crippen LogP contribution in [0.4, 0.5) is 13.9 Å². The summed E-state index contributed by atoms with van der Waals surface area (Å²) < 4.78 is 27.0. The van der Waals surface area contributed by atoms with Crippen LogP contribution < -0.4 is 5.32 Å². The van der Waals surface area contributed by atoms with Gasteiger partial charge in [-0.25, -0.2) is 13.8 Å². The van der Waals surface area contributed by atoms with Gasteiger partial charge in [-0.05, 0) is 30.3 Å². The lowest BCUT2D eigenvalue weighted by molar-refractivity contribution is 0.102. The van der Waals surface area contributed by atoms with Crippen LogP contribution in [0.5, 0.6) is 0 Å². The highest BCUT2D eigenvalue weighted by molar-refractivity contribution is 7.14. The Kier molecular flexibility index (Phi) is 4.36. The predicted octanol–water partition coefficient (Wildman–Crippen LogP) is 4.99. The molecule has 0 spiro atoms. The first-order valence-electron chi connectivity index (χ1n) is 6.51. The zero-order valence-electron chi connectivity index (χ0n) is 11.5. The molecule has 1 N–H and O–H groups in total. The molecule has 0 fully saturated rings. The highest BCUT2D eigenvalue weighted by Gasteiger charge is 2.14. The fourth-order valence-electron chi connectivity index (χ4n) is 1.96. The molecular weight excluding hydrogens is 342 g/mol. The molecule has 0 aliphatic rings. The number of hydrogen-bond acceptors (Lipinski definition) is 3. The highest BCUT2D eigenvalue weighted by atomic mass is 35.5. The molecule has 0 aliphatic heterocycles. The van der Waals surface area contributed by atoms with Gasteiger partial charge in [0, 0.05) is 10.9 Å². The molecule has 2 aromatic carbocycles. The maximum Gasteiger partial charge on any atom is 0.258 e. The molecular formula is C16H9ClF2N2OS. The summed E-state index contributed by atoms with van der Waals surface area (Å²) in [5.41, 5.74) is 0.601. The van der Waals surface area contributed by atoms with Gasteiger partial charge in [-0.15, -0.1) is 11.3 Å². The number of rotatable bonds is 3. The van der Waals surface area contributed by atoms with E-state index in [-0.39, 0.29) is 16.4 Å². The standard InChI is InChI=1S/C16H9ClF2N2OS/c17-12-4-2-1-3-10(12)15(22)21-16-20-14(8-23-16)11-7-9(18)5-6-13(11)19/h1-8H,(H,20,21,22). The van der Waals surface area contributed by atoms with E-state index in [1.165, 1.54) is 0 Å². The van der Waals surface area contributed by atoms with Crippen molar-refractivity contribution in [2.75, 3.05) is 5.32 Å². The molecule has 1 aromatic heterocycles. The first-order chi connectivity index (χ1) is 11.0. The van der Waals surface area contributed by atoms with E-state index in [0.717, 1.165) is 29.5 Å². The minimum atomic E-state index is -0.583. The van der Waals surface area contributed by atoms with E-state index in [1.54, 1.807) is 29.6 Å². The third-order valence-electron chi connectivity index (χ3n) is 3.05. The van der Waals surface area contributed by atoms with Crippen molar-refractivity contribution in [1.29, 1.82) is 0 Å². The normalized spacial score (nSPS) is 10.6. The molecule has 0 saturated heterocycles. The molecule has 3 rings (SSSR count). The van der Waals surface area contributed by atoms with Crippen LogP contribution in [0.25, 0.3) is 11.3 Å². The Morgan fingerprint density at radius 3 is 2.74 bits per heavy atom. The highest BCUT2D eigenvalue weighted by Crippen LogP contribution is 2.28. The molecule has 7 heteroatoms. The third-order valence-corrected chi connectivity index (χ3v) is 4.13. The summed E-state index contributed by atoms with van der Waals surface area (Å²) >= 11 is 7.07. The molecule has 0 unspecified atom stereocenters. The molecule has 0 saturated carbocycles. The largest absolute Gasteiger partial charge is 0.298 e. The monoisotopic (exact) mass is 350 g/mol. The average Bonchev–Trinajstić information content (AvgIpc) is 2.98. The Morgan fingerprint density at radius 1 is 1.17 bits per heavy atom. The fourth-order valence-corrected chi connectivity index (χ4v) is 2.89. The number of amides is 1. The summed E-state index contributed by atoms with van der Waals surface area (Å²) in [5, 5.41) is 4.72. The second-order valence-corrected chi connectivity index (χ2v) is 5.86. The van der Waals surface area contributed by atoms with Crippen molar-refractivity contribution in [2.45, 2.75) is 0 Å². The summed E-state index contributed by atoms with van der Waals surface area (Å²) in [6.07, 6.45) is 0. The minimum Gasteiger partial charge on any atom is -0.298 e. The lowest BCUT2D eigenvalue weighted by Crippen LogP contribution is -2.12. The van der Waals surface area contributed by atoms with E-state index < -0.39 is 17.5 Å². The Bertz CT molecular complexity index is 882. The lowest BCUT2D eigenvalue weighted by atomic mass is 10.1. The van der Waals surface area contributed by atoms with Crippen molar-refractivity contribution in [2.24, 2.45) is 0 Å². The van der Waals surface area contributed by atoms with Crippen LogP contribution >= 0.6 is 22.9 Å². The second-order valence-electron chi connectivity index (χ2n) is 4.60. The topological polar surface area (TPSA) is 42.0 Å². The van der Waals surface area contributed by atoms with Gasteiger partial charge in [-0.2, -0.15) is 0 Å². The number of aromatic nitrogens is 1. The summed E-state index contributed by atoms with van der Waals surface area (Å²) in [6, 6.07) is 9.72. The minimum absolute atomic E-state index is 0.0412. The van der Waals surface area contributed by atoms with Gasteiger partial charge >= 0.3 is 0 Å². The molecule has 0 atom stereocenters. The SMILES string of the molecule is O=C(Nc1nc(-c2cc(F)ccc2F)cs1)c1ccccc1Cl. The van der Waals surface area contributed by atoms with Gasteiger partial charge in [-0.1, -0.05) is 23.7 Å². The number of thiazole rings is 1. The van der Waals surface area contributed by atoms with Crippen molar-refractivity contribution < 1.29 is 13.6 Å². The number of hydrogen-bond donors (Lipinski definition) is 1. The molecule has 116 valence electrons. The maximum absolute atomic E-state index is 13.7. The van der Waals surface area contributed by atoms with Crippen molar-refractivity contribution in [3.63, 3.8) is 0 Å². The molecule has 0 aliphatic carbocycles. The molecule has 23 heavy (non-hydrogen) atoms. The fraction of sp³-hybridized carbons (Fsp3) is 0. The van der Waals surface area contributed by atoms with Crippen LogP contribution in [-0.4, -0.2) is 10.9 Å². The average molecular weight is 351 g/mol. The Hall–Kier alpha value is -2.31. The molecule has 3 aromatic rings. The van der Waals surface area contributed by atoms with Crippen molar-refractivity contribution in [1.82, 2.24) is 4.98 Å². The molecule has 1 amide bonds. The van der Waals surface area contributed by atoms with E-state index in [9.17, 15) is 13.6 Å². The van der Waals surface area contributed by atoms with Gasteiger partial charge < -0.3 is 0 Å². The molecule has 0 bridgehead atoms. The van der Waals surface area contributed by atoms with Crippen molar-refractivity contribution in [3.05, 3.63) is 70.1 Å².